The van der Waals surface area contributed by atoms with Crippen LogP contribution in [0.5, 0.6) is 0 Å². The van der Waals surface area contributed by atoms with Gasteiger partial charge in [0, 0.05) is 0 Å². The lowest BCUT2D eigenvalue weighted by molar-refractivity contribution is 0.166. The Bertz CT molecular complexity index is 495. The summed E-state index contributed by atoms with van der Waals surface area (Å²) in [6, 6.07) is 6.65. The summed E-state index contributed by atoms with van der Waals surface area (Å²) in [7, 11) is -3.69. The molecule has 0 radical (unpaired) electrons. The number of hydrogen-bond donors (Lipinski definition) is 0. The third kappa shape index (κ3) is 3.25. The maximum absolute atomic E-state index is 12.1. The molecule has 0 aliphatic heterocycles. The predicted octanol–water partition coefficient (Wildman–Crippen LogP) is 3.25. The lowest BCUT2D eigenvalue weighted by Gasteiger charge is -2.26. The zero-order valence-corrected chi connectivity index (χ0v) is 11.9. The first-order valence-corrected chi connectivity index (χ1v) is 7.97. The van der Waals surface area contributed by atoms with E-state index in [-0.39, 0.29) is 10.3 Å². The molecular formula is C13H17ClO3S. The van der Waals surface area contributed by atoms with Gasteiger partial charge >= 0.3 is 0 Å². The highest BCUT2D eigenvalue weighted by atomic mass is 35.5. The van der Waals surface area contributed by atoms with Crippen molar-refractivity contribution in [3.63, 3.8) is 0 Å². The molecule has 0 heterocycles. The minimum Gasteiger partial charge on any atom is -0.261 e. The average molecular weight is 289 g/mol. The Morgan fingerprint density at radius 3 is 2.39 bits per heavy atom. The molecule has 5 heteroatoms. The highest BCUT2D eigenvalue weighted by molar-refractivity contribution is 7.86. The van der Waals surface area contributed by atoms with Gasteiger partial charge in [-0.15, -0.1) is 11.6 Å². The first kappa shape index (κ1) is 13.8. The van der Waals surface area contributed by atoms with Gasteiger partial charge in [0.15, 0.2) is 0 Å². The lowest BCUT2D eigenvalue weighted by atomic mass is 9.97. The molecule has 1 fully saturated rings. The molecule has 2 unspecified atom stereocenters. The van der Waals surface area contributed by atoms with E-state index < -0.39 is 16.2 Å². The van der Waals surface area contributed by atoms with E-state index in [1.165, 1.54) is 0 Å². The molecule has 1 saturated carbocycles. The van der Waals surface area contributed by atoms with Gasteiger partial charge in [-0.3, -0.25) is 4.18 Å². The molecule has 0 saturated heterocycles. The van der Waals surface area contributed by atoms with E-state index in [0.717, 1.165) is 24.8 Å². The van der Waals surface area contributed by atoms with Crippen molar-refractivity contribution < 1.29 is 12.6 Å². The molecule has 2 atom stereocenters. The average Bonchev–Trinajstić information content (AvgIpc) is 2.32. The second-order valence-corrected chi connectivity index (χ2v) is 6.83. The van der Waals surface area contributed by atoms with Gasteiger partial charge in [-0.25, -0.2) is 0 Å². The fourth-order valence-corrected chi connectivity index (χ4v) is 3.61. The van der Waals surface area contributed by atoms with Gasteiger partial charge in [0.1, 0.15) is 0 Å². The van der Waals surface area contributed by atoms with E-state index in [4.69, 9.17) is 15.8 Å². The van der Waals surface area contributed by atoms with E-state index in [0.29, 0.717) is 6.42 Å². The number of alkyl halides is 1. The summed E-state index contributed by atoms with van der Waals surface area (Å²) < 4.78 is 29.4. The maximum Gasteiger partial charge on any atom is 0.297 e. The van der Waals surface area contributed by atoms with Gasteiger partial charge in [0.05, 0.1) is 16.4 Å². The van der Waals surface area contributed by atoms with Gasteiger partial charge in [-0.05, 0) is 31.9 Å². The van der Waals surface area contributed by atoms with Crippen LogP contribution in [-0.2, 0) is 14.3 Å². The van der Waals surface area contributed by atoms with Crippen LogP contribution in [-0.4, -0.2) is 19.9 Å². The Morgan fingerprint density at radius 2 is 1.78 bits per heavy atom. The van der Waals surface area contributed by atoms with Crippen molar-refractivity contribution >= 4 is 21.7 Å². The standard InChI is InChI=1S/C13H17ClO3S/c1-10-6-8-11(9-7-10)18(15,16)17-13-5-3-2-4-12(13)14/h6-9,12-13H,2-5H2,1H3. The number of benzene rings is 1. The van der Waals surface area contributed by atoms with E-state index in [9.17, 15) is 8.42 Å². The Labute approximate surface area is 113 Å². The molecule has 0 N–H and O–H groups in total. The van der Waals surface area contributed by atoms with Crippen molar-refractivity contribution in [3.05, 3.63) is 29.8 Å². The Kier molecular flexibility index (Phi) is 4.30. The minimum atomic E-state index is -3.69. The summed E-state index contributed by atoms with van der Waals surface area (Å²) in [5, 5.41) is -0.209. The molecule has 100 valence electrons. The minimum absolute atomic E-state index is 0.197. The number of rotatable bonds is 3. The number of hydrogen-bond acceptors (Lipinski definition) is 3. The predicted molar refractivity (Wildman–Crippen MR) is 71.3 cm³/mol. The van der Waals surface area contributed by atoms with E-state index in [1.54, 1.807) is 24.3 Å². The molecule has 2 rings (SSSR count). The summed E-state index contributed by atoms with van der Waals surface area (Å²) in [6.45, 7) is 1.91. The summed E-state index contributed by atoms with van der Waals surface area (Å²) >= 11 is 6.11. The molecule has 1 aliphatic rings. The summed E-state index contributed by atoms with van der Waals surface area (Å²) in [5.74, 6) is 0. The number of halogens is 1. The summed E-state index contributed by atoms with van der Waals surface area (Å²) in [4.78, 5) is 0.197. The monoisotopic (exact) mass is 288 g/mol. The zero-order chi connectivity index (χ0) is 13.2. The fourth-order valence-electron chi connectivity index (χ4n) is 2.08. The molecule has 0 aromatic heterocycles. The lowest BCUT2D eigenvalue weighted by Crippen LogP contribution is -2.30. The highest BCUT2D eigenvalue weighted by Gasteiger charge is 2.29. The second kappa shape index (κ2) is 5.59. The fraction of sp³-hybridized carbons (Fsp3) is 0.538. The maximum atomic E-state index is 12.1. The van der Waals surface area contributed by atoms with Crippen LogP contribution in [0.25, 0.3) is 0 Å². The van der Waals surface area contributed by atoms with Crippen LogP contribution in [0.3, 0.4) is 0 Å². The van der Waals surface area contributed by atoms with Crippen molar-refractivity contribution in [1.82, 2.24) is 0 Å². The van der Waals surface area contributed by atoms with E-state index >= 15 is 0 Å². The molecule has 1 aliphatic carbocycles. The topological polar surface area (TPSA) is 43.4 Å². The number of aryl methyl sites for hydroxylation is 1. The van der Waals surface area contributed by atoms with Gasteiger partial charge in [-0.2, -0.15) is 8.42 Å². The molecule has 1 aromatic rings. The summed E-state index contributed by atoms with van der Waals surface area (Å²) in [6.07, 6.45) is 3.14. The first-order chi connectivity index (χ1) is 8.49. The Balaban J connectivity index is 2.13. The smallest absolute Gasteiger partial charge is 0.261 e. The van der Waals surface area contributed by atoms with Crippen LogP contribution in [0.4, 0.5) is 0 Å². The molecular weight excluding hydrogens is 272 g/mol. The van der Waals surface area contributed by atoms with Crippen LogP contribution in [0.15, 0.2) is 29.2 Å². The first-order valence-electron chi connectivity index (χ1n) is 6.13. The SMILES string of the molecule is Cc1ccc(S(=O)(=O)OC2CCCCC2Cl)cc1. The summed E-state index contributed by atoms with van der Waals surface area (Å²) in [5.41, 5.74) is 1.02. The largest absolute Gasteiger partial charge is 0.297 e. The van der Waals surface area contributed by atoms with Crippen molar-refractivity contribution in [2.24, 2.45) is 0 Å². The van der Waals surface area contributed by atoms with Gasteiger partial charge < -0.3 is 0 Å². The van der Waals surface area contributed by atoms with Crippen molar-refractivity contribution in [1.29, 1.82) is 0 Å². The van der Waals surface area contributed by atoms with E-state index in [1.807, 2.05) is 6.92 Å². The Morgan fingerprint density at radius 1 is 1.17 bits per heavy atom. The van der Waals surface area contributed by atoms with Crippen molar-refractivity contribution in [3.8, 4) is 0 Å². The van der Waals surface area contributed by atoms with Gasteiger partial charge in [-0.1, -0.05) is 30.5 Å². The third-order valence-corrected chi connectivity index (χ3v) is 5.03. The van der Waals surface area contributed by atoms with Gasteiger partial charge in [0.25, 0.3) is 10.1 Å². The second-order valence-electron chi connectivity index (χ2n) is 4.70. The molecule has 3 nitrogen and oxygen atoms in total. The zero-order valence-electron chi connectivity index (χ0n) is 10.3. The van der Waals surface area contributed by atoms with Crippen LogP contribution >= 0.6 is 11.6 Å². The Hall–Kier alpha value is -0.580. The molecule has 0 spiro atoms. The van der Waals surface area contributed by atoms with E-state index in [2.05, 4.69) is 0 Å². The van der Waals surface area contributed by atoms with Crippen LogP contribution in [0, 0.1) is 6.92 Å². The molecule has 0 bridgehead atoms. The van der Waals surface area contributed by atoms with Crippen molar-refractivity contribution in [2.75, 3.05) is 0 Å². The van der Waals surface area contributed by atoms with Crippen LogP contribution in [0.1, 0.15) is 31.2 Å². The molecule has 18 heavy (non-hydrogen) atoms. The molecule has 0 amide bonds. The molecule has 1 aromatic carbocycles. The van der Waals surface area contributed by atoms with Crippen LogP contribution in [0.2, 0.25) is 0 Å². The normalized spacial score (nSPS) is 25.0. The third-order valence-electron chi connectivity index (χ3n) is 3.18. The quantitative estimate of drug-likeness (QED) is 0.633. The van der Waals surface area contributed by atoms with Crippen LogP contribution < -0.4 is 0 Å². The highest BCUT2D eigenvalue weighted by Crippen LogP contribution is 2.28. The van der Waals surface area contributed by atoms with Crippen molar-refractivity contribution in [2.45, 2.75) is 49.0 Å². The van der Waals surface area contributed by atoms with Gasteiger partial charge in [0.2, 0.25) is 0 Å².